The first-order chi connectivity index (χ1) is 8.27. The van der Waals surface area contributed by atoms with E-state index in [-0.39, 0.29) is 5.91 Å². The predicted octanol–water partition coefficient (Wildman–Crippen LogP) is 1.57. The first-order valence-corrected chi connectivity index (χ1v) is 6.42. The van der Waals surface area contributed by atoms with Crippen molar-refractivity contribution < 1.29 is 4.79 Å². The number of fused-ring (bicyclic) bond motifs is 3. The quantitative estimate of drug-likeness (QED) is 0.769. The van der Waals surface area contributed by atoms with Gasteiger partial charge in [0.25, 0.3) is 0 Å². The molecular weight excluding hydrogens is 212 g/mol. The minimum atomic E-state index is -0.284. The zero-order valence-corrected chi connectivity index (χ0v) is 9.91. The number of amides is 1. The molecule has 1 fully saturated rings. The molecule has 0 saturated carbocycles. The van der Waals surface area contributed by atoms with Gasteiger partial charge >= 0.3 is 0 Å². The van der Waals surface area contributed by atoms with Gasteiger partial charge in [0, 0.05) is 17.5 Å². The summed E-state index contributed by atoms with van der Waals surface area (Å²) in [5.74, 6) is 0.198. The topological polar surface area (TPSA) is 55.1 Å². The van der Waals surface area contributed by atoms with E-state index < -0.39 is 0 Å². The van der Waals surface area contributed by atoms with Crippen LogP contribution >= 0.6 is 0 Å². The lowest BCUT2D eigenvalue weighted by atomic mass is 9.73. The van der Waals surface area contributed by atoms with Gasteiger partial charge in [-0.05, 0) is 49.4 Å². The van der Waals surface area contributed by atoms with Crippen molar-refractivity contribution in [3.05, 3.63) is 34.9 Å². The van der Waals surface area contributed by atoms with Gasteiger partial charge in [0.05, 0.1) is 0 Å². The van der Waals surface area contributed by atoms with Gasteiger partial charge in [0.1, 0.15) is 0 Å². The Bertz CT molecular complexity index is 456. The van der Waals surface area contributed by atoms with Crippen LogP contribution in [-0.2, 0) is 6.42 Å². The number of hydrogen-bond acceptors (Lipinski definition) is 2. The largest absolute Gasteiger partial charge is 0.366 e. The van der Waals surface area contributed by atoms with Gasteiger partial charge in [0.2, 0.25) is 5.91 Å². The van der Waals surface area contributed by atoms with E-state index in [9.17, 15) is 4.79 Å². The molecule has 1 saturated heterocycles. The maximum Gasteiger partial charge on any atom is 0.248 e. The fraction of sp³-hybridized carbons (Fsp3) is 0.500. The second-order valence-corrected chi connectivity index (χ2v) is 5.09. The third-order valence-electron chi connectivity index (χ3n) is 4.14. The number of hydrogen-bond donors (Lipinski definition) is 2. The lowest BCUT2D eigenvalue weighted by molar-refractivity contribution is 0.0998. The van der Waals surface area contributed by atoms with Gasteiger partial charge < -0.3 is 11.1 Å². The van der Waals surface area contributed by atoms with Crippen LogP contribution in [0.3, 0.4) is 0 Å². The van der Waals surface area contributed by atoms with Crippen LogP contribution in [0.15, 0.2) is 18.2 Å². The molecule has 0 radical (unpaired) electrons. The number of aryl methyl sites for hydroxylation is 1. The summed E-state index contributed by atoms with van der Waals surface area (Å²) in [5, 5.41) is 3.58. The molecule has 1 aliphatic carbocycles. The monoisotopic (exact) mass is 230 g/mol. The molecule has 1 heterocycles. The van der Waals surface area contributed by atoms with E-state index >= 15 is 0 Å². The molecule has 1 aliphatic heterocycles. The SMILES string of the molecule is NC(=O)c1cccc2c1[C@H]1CCCN[C@@H]1CC2. The number of carbonyl (C=O) groups is 1. The molecule has 3 rings (SSSR count). The van der Waals surface area contributed by atoms with Crippen molar-refractivity contribution in [3.63, 3.8) is 0 Å². The maximum absolute atomic E-state index is 11.5. The Morgan fingerprint density at radius 1 is 1.35 bits per heavy atom. The molecule has 3 heteroatoms. The lowest BCUT2D eigenvalue weighted by Crippen LogP contribution is -2.43. The number of rotatable bonds is 1. The molecular formula is C14H18N2O. The van der Waals surface area contributed by atoms with Crippen molar-refractivity contribution in [2.24, 2.45) is 5.73 Å². The number of benzene rings is 1. The highest BCUT2D eigenvalue weighted by molar-refractivity contribution is 5.95. The minimum Gasteiger partial charge on any atom is -0.366 e. The standard InChI is InChI=1S/C14H18N2O/c15-14(17)11-4-1-3-9-6-7-12-10(13(9)11)5-2-8-16-12/h1,3-4,10,12,16H,2,5-8H2,(H2,15,17)/t10-,12+/m0/s1. The van der Waals surface area contributed by atoms with E-state index in [1.165, 1.54) is 30.4 Å². The highest BCUT2D eigenvalue weighted by Crippen LogP contribution is 2.38. The number of piperidine rings is 1. The smallest absolute Gasteiger partial charge is 0.248 e. The molecule has 1 aromatic rings. The first kappa shape index (κ1) is 10.8. The highest BCUT2D eigenvalue weighted by atomic mass is 16.1. The molecule has 3 N–H and O–H groups in total. The van der Waals surface area contributed by atoms with Gasteiger partial charge in [-0.2, -0.15) is 0 Å². The summed E-state index contributed by atoms with van der Waals surface area (Å²) in [6.07, 6.45) is 4.60. The van der Waals surface area contributed by atoms with E-state index in [2.05, 4.69) is 11.4 Å². The van der Waals surface area contributed by atoms with E-state index in [0.717, 1.165) is 18.5 Å². The van der Waals surface area contributed by atoms with Crippen LogP contribution < -0.4 is 11.1 Å². The van der Waals surface area contributed by atoms with Crippen LogP contribution in [0.1, 0.15) is 46.7 Å². The van der Waals surface area contributed by atoms with E-state index in [1.807, 2.05) is 12.1 Å². The molecule has 1 amide bonds. The first-order valence-electron chi connectivity index (χ1n) is 6.42. The number of carbonyl (C=O) groups excluding carboxylic acids is 1. The lowest BCUT2D eigenvalue weighted by Gasteiger charge is -2.38. The Kier molecular flexibility index (Phi) is 2.63. The fourth-order valence-corrected chi connectivity index (χ4v) is 3.40. The van der Waals surface area contributed by atoms with Crippen molar-refractivity contribution in [1.82, 2.24) is 5.32 Å². The van der Waals surface area contributed by atoms with Crippen LogP contribution in [0.5, 0.6) is 0 Å². The molecule has 0 bridgehead atoms. The van der Waals surface area contributed by atoms with Crippen molar-refractivity contribution in [1.29, 1.82) is 0 Å². The molecule has 3 nitrogen and oxygen atoms in total. The third kappa shape index (κ3) is 1.75. The van der Waals surface area contributed by atoms with Gasteiger partial charge in [-0.3, -0.25) is 4.79 Å². The van der Waals surface area contributed by atoms with Crippen molar-refractivity contribution >= 4 is 5.91 Å². The fourth-order valence-electron chi connectivity index (χ4n) is 3.40. The molecule has 2 atom stereocenters. The summed E-state index contributed by atoms with van der Waals surface area (Å²) in [5.41, 5.74) is 8.79. The summed E-state index contributed by atoms with van der Waals surface area (Å²) in [7, 11) is 0. The summed E-state index contributed by atoms with van der Waals surface area (Å²) in [6.45, 7) is 1.11. The van der Waals surface area contributed by atoms with Crippen molar-refractivity contribution in [3.8, 4) is 0 Å². The normalized spacial score (nSPS) is 27.1. The van der Waals surface area contributed by atoms with Crippen LogP contribution in [0.25, 0.3) is 0 Å². The second kappa shape index (κ2) is 4.15. The zero-order valence-electron chi connectivity index (χ0n) is 9.91. The number of nitrogens with two attached hydrogens (primary N) is 1. The summed E-state index contributed by atoms with van der Waals surface area (Å²) in [6, 6.07) is 6.51. The average molecular weight is 230 g/mol. The Morgan fingerprint density at radius 2 is 2.24 bits per heavy atom. The van der Waals surface area contributed by atoms with Crippen molar-refractivity contribution in [2.75, 3.05) is 6.54 Å². The molecule has 1 aromatic carbocycles. The summed E-state index contributed by atoms with van der Waals surface area (Å²) < 4.78 is 0. The zero-order chi connectivity index (χ0) is 11.8. The van der Waals surface area contributed by atoms with Gasteiger partial charge in [-0.25, -0.2) is 0 Å². The van der Waals surface area contributed by atoms with Crippen LogP contribution in [0.4, 0.5) is 0 Å². The number of nitrogens with one attached hydrogen (secondary N) is 1. The summed E-state index contributed by atoms with van der Waals surface area (Å²) in [4.78, 5) is 11.5. The predicted molar refractivity (Wildman–Crippen MR) is 67.0 cm³/mol. The Hall–Kier alpha value is -1.35. The molecule has 0 spiro atoms. The van der Waals surface area contributed by atoms with Crippen LogP contribution in [0.2, 0.25) is 0 Å². The third-order valence-corrected chi connectivity index (χ3v) is 4.14. The van der Waals surface area contributed by atoms with Crippen LogP contribution in [0, 0.1) is 0 Å². The van der Waals surface area contributed by atoms with E-state index in [4.69, 9.17) is 5.73 Å². The van der Waals surface area contributed by atoms with Crippen LogP contribution in [-0.4, -0.2) is 18.5 Å². The average Bonchev–Trinajstić information content (AvgIpc) is 2.37. The van der Waals surface area contributed by atoms with Gasteiger partial charge in [-0.15, -0.1) is 0 Å². The molecule has 0 unspecified atom stereocenters. The Morgan fingerprint density at radius 3 is 3.06 bits per heavy atom. The number of primary amides is 1. The molecule has 2 aliphatic rings. The summed E-state index contributed by atoms with van der Waals surface area (Å²) >= 11 is 0. The van der Waals surface area contributed by atoms with E-state index in [0.29, 0.717) is 12.0 Å². The van der Waals surface area contributed by atoms with Crippen molar-refractivity contribution in [2.45, 2.75) is 37.6 Å². The second-order valence-electron chi connectivity index (χ2n) is 5.09. The van der Waals surface area contributed by atoms with Gasteiger partial charge in [0.15, 0.2) is 0 Å². The molecule has 0 aromatic heterocycles. The Balaban J connectivity index is 2.09. The Labute approximate surface area is 101 Å². The minimum absolute atomic E-state index is 0.284. The maximum atomic E-state index is 11.5. The highest BCUT2D eigenvalue weighted by Gasteiger charge is 2.33. The van der Waals surface area contributed by atoms with Gasteiger partial charge in [-0.1, -0.05) is 12.1 Å². The molecule has 90 valence electrons. The van der Waals surface area contributed by atoms with E-state index in [1.54, 1.807) is 0 Å². The molecule has 17 heavy (non-hydrogen) atoms.